The van der Waals surface area contributed by atoms with Gasteiger partial charge in [0.1, 0.15) is 0 Å². The van der Waals surface area contributed by atoms with Crippen LogP contribution in [-0.4, -0.2) is 10.8 Å². The van der Waals surface area contributed by atoms with Crippen LogP contribution in [0.4, 0.5) is 15.8 Å². The fourth-order valence-corrected chi connectivity index (χ4v) is 2.15. The van der Waals surface area contributed by atoms with Crippen molar-refractivity contribution >= 4 is 28.9 Å². The van der Waals surface area contributed by atoms with Gasteiger partial charge in [-0.1, -0.05) is 23.7 Å². The summed E-state index contributed by atoms with van der Waals surface area (Å²) in [4.78, 5) is 22.1. The molecule has 0 saturated carbocycles. The van der Waals surface area contributed by atoms with Gasteiger partial charge < -0.3 is 5.32 Å². The lowest BCUT2D eigenvalue weighted by molar-refractivity contribution is -0.387. The second kappa shape index (κ2) is 6.11. The Morgan fingerprint density at radius 2 is 1.95 bits per heavy atom. The topological polar surface area (TPSA) is 72.2 Å². The molecule has 0 saturated heterocycles. The second-order valence-electron chi connectivity index (χ2n) is 4.81. The Bertz CT molecular complexity index is 778. The molecule has 0 unspecified atom stereocenters. The molecule has 0 bridgehead atoms. The van der Waals surface area contributed by atoms with Gasteiger partial charge in [0, 0.05) is 17.8 Å². The fourth-order valence-electron chi connectivity index (χ4n) is 1.91. The molecule has 0 aromatic heterocycles. The van der Waals surface area contributed by atoms with Gasteiger partial charge in [-0.3, -0.25) is 14.9 Å². The smallest absolute Gasteiger partial charge is 0.305 e. The van der Waals surface area contributed by atoms with E-state index in [0.717, 1.165) is 23.3 Å². The summed E-state index contributed by atoms with van der Waals surface area (Å²) in [6, 6.07) is 7.08. The molecule has 7 heteroatoms. The molecule has 0 radical (unpaired) electrons. The predicted molar refractivity (Wildman–Crippen MR) is 81.9 cm³/mol. The van der Waals surface area contributed by atoms with Crippen LogP contribution in [0.5, 0.6) is 0 Å². The van der Waals surface area contributed by atoms with Gasteiger partial charge in [-0.2, -0.15) is 4.39 Å². The fraction of sp³-hybridized carbons (Fsp3) is 0.133. The normalized spacial score (nSPS) is 10.4. The summed E-state index contributed by atoms with van der Waals surface area (Å²) < 4.78 is 13.4. The minimum atomic E-state index is -1.08. The Hall–Kier alpha value is -2.47. The van der Waals surface area contributed by atoms with E-state index in [2.05, 4.69) is 5.32 Å². The Morgan fingerprint density at radius 3 is 2.59 bits per heavy atom. The van der Waals surface area contributed by atoms with Gasteiger partial charge in [-0.15, -0.1) is 0 Å². The number of nitro benzene ring substituents is 1. The summed E-state index contributed by atoms with van der Waals surface area (Å²) in [6.07, 6.45) is 0. The van der Waals surface area contributed by atoms with E-state index >= 15 is 0 Å². The summed E-state index contributed by atoms with van der Waals surface area (Å²) in [5, 5.41) is 13.2. The van der Waals surface area contributed by atoms with E-state index in [4.69, 9.17) is 11.6 Å². The van der Waals surface area contributed by atoms with E-state index in [-0.39, 0.29) is 10.6 Å². The first-order valence-electron chi connectivity index (χ1n) is 6.31. The van der Waals surface area contributed by atoms with E-state index in [1.54, 1.807) is 6.07 Å². The highest BCUT2D eigenvalue weighted by Gasteiger charge is 2.21. The Kier molecular flexibility index (Phi) is 4.42. The van der Waals surface area contributed by atoms with E-state index in [1.807, 2.05) is 26.0 Å². The van der Waals surface area contributed by atoms with Crippen LogP contribution in [0, 0.1) is 29.8 Å². The maximum absolute atomic E-state index is 13.4. The Morgan fingerprint density at radius 1 is 1.27 bits per heavy atom. The maximum atomic E-state index is 13.4. The quantitative estimate of drug-likeness (QED) is 0.678. The second-order valence-corrected chi connectivity index (χ2v) is 5.22. The molecule has 0 heterocycles. The number of nitrogens with one attached hydrogen (secondary N) is 1. The van der Waals surface area contributed by atoms with Crippen LogP contribution in [0.25, 0.3) is 0 Å². The Balaban J connectivity index is 2.39. The molecule has 0 atom stereocenters. The molecule has 1 N–H and O–H groups in total. The lowest BCUT2D eigenvalue weighted by Gasteiger charge is -2.10. The van der Waals surface area contributed by atoms with Crippen molar-refractivity contribution in [2.24, 2.45) is 0 Å². The number of halogens is 2. The minimum absolute atomic E-state index is 0.157. The van der Waals surface area contributed by atoms with Crippen molar-refractivity contribution in [3.05, 3.63) is 68.0 Å². The number of rotatable bonds is 3. The molecular formula is C15H12ClFN2O3. The van der Waals surface area contributed by atoms with Crippen LogP contribution in [0.1, 0.15) is 21.5 Å². The lowest BCUT2D eigenvalue weighted by atomic mass is 10.1. The van der Waals surface area contributed by atoms with E-state index in [0.29, 0.717) is 5.69 Å². The molecule has 0 fully saturated rings. The third-order valence-corrected chi connectivity index (χ3v) is 3.43. The first-order chi connectivity index (χ1) is 10.3. The number of carbonyl (C=O) groups is 1. The first kappa shape index (κ1) is 15.9. The van der Waals surface area contributed by atoms with Gasteiger partial charge in [-0.25, -0.2) is 0 Å². The number of nitro groups is 1. The molecule has 0 aliphatic carbocycles. The van der Waals surface area contributed by atoms with E-state index in [1.165, 1.54) is 0 Å². The average molecular weight is 323 g/mol. The number of anilines is 1. The van der Waals surface area contributed by atoms with Gasteiger partial charge in [-0.05, 0) is 31.0 Å². The van der Waals surface area contributed by atoms with Crippen molar-refractivity contribution in [2.75, 3.05) is 5.32 Å². The number of hydrogen-bond acceptors (Lipinski definition) is 3. The van der Waals surface area contributed by atoms with Gasteiger partial charge in [0.15, 0.2) is 0 Å². The molecule has 22 heavy (non-hydrogen) atoms. The lowest BCUT2D eigenvalue weighted by Crippen LogP contribution is -2.14. The number of carbonyl (C=O) groups excluding carboxylic acids is 1. The standard InChI is InChI=1S/C15H12ClFN2O3/c1-8-3-4-9(2)13(5-8)18-15(20)10-6-14(19(21)22)12(17)7-11(10)16/h3-7H,1-2H3,(H,18,20). The summed E-state index contributed by atoms with van der Waals surface area (Å²) in [7, 11) is 0. The highest BCUT2D eigenvalue weighted by Crippen LogP contribution is 2.27. The van der Waals surface area contributed by atoms with Crippen LogP contribution in [0.15, 0.2) is 30.3 Å². The maximum Gasteiger partial charge on any atom is 0.305 e. The summed E-state index contributed by atoms with van der Waals surface area (Å²) in [5.74, 6) is -1.72. The largest absolute Gasteiger partial charge is 0.322 e. The van der Waals surface area contributed by atoms with Crippen molar-refractivity contribution in [1.29, 1.82) is 0 Å². The molecule has 2 aromatic carbocycles. The minimum Gasteiger partial charge on any atom is -0.322 e. The number of nitrogens with zero attached hydrogens (tertiary/aromatic N) is 1. The first-order valence-corrected chi connectivity index (χ1v) is 6.69. The average Bonchev–Trinajstić information content (AvgIpc) is 2.42. The zero-order chi connectivity index (χ0) is 16.4. The number of hydrogen-bond donors (Lipinski definition) is 1. The molecule has 1 amide bonds. The van der Waals surface area contributed by atoms with E-state index in [9.17, 15) is 19.3 Å². The van der Waals surface area contributed by atoms with Crippen molar-refractivity contribution in [2.45, 2.75) is 13.8 Å². The Labute approximate surface area is 130 Å². The SMILES string of the molecule is Cc1ccc(C)c(NC(=O)c2cc([N+](=O)[O-])c(F)cc2Cl)c1. The van der Waals surface area contributed by atoms with Crippen LogP contribution < -0.4 is 5.32 Å². The van der Waals surface area contributed by atoms with Gasteiger partial charge in [0.25, 0.3) is 5.91 Å². The molecule has 0 spiro atoms. The molecular weight excluding hydrogens is 311 g/mol. The number of amides is 1. The van der Waals surface area contributed by atoms with Gasteiger partial charge in [0.2, 0.25) is 5.82 Å². The third kappa shape index (κ3) is 3.23. The van der Waals surface area contributed by atoms with Crippen molar-refractivity contribution in [1.82, 2.24) is 0 Å². The summed E-state index contributed by atoms with van der Waals surface area (Å²) in [5.41, 5.74) is 1.38. The monoisotopic (exact) mass is 322 g/mol. The van der Waals surface area contributed by atoms with Crippen LogP contribution >= 0.6 is 11.6 Å². The highest BCUT2D eigenvalue weighted by atomic mass is 35.5. The summed E-state index contributed by atoms with van der Waals surface area (Å²) in [6.45, 7) is 3.68. The molecule has 0 aliphatic rings. The molecule has 5 nitrogen and oxygen atoms in total. The molecule has 2 rings (SSSR count). The predicted octanol–water partition coefficient (Wildman–Crippen LogP) is 4.26. The van der Waals surface area contributed by atoms with Gasteiger partial charge in [0.05, 0.1) is 15.5 Å². The van der Waals surface area contributed by atoms with Crippen LogP contribution in [0.3, 0.4) is 0 Å². The third-order valence-electron chi connectivity index (χ3n) is 3.12. The van der Waals surface area contributed by atoms with Crippen LogP contribution in [-0.2, 0) is 0 Å². The highest BCUT2D eigenvalue weighted by molar-refractivity contribution is 6.34. The zero-order valence-electron chi connectivity index (χ0n) is 11.8. The molecule has 114 valence electrons. The van der Waals surface area contributed by atoms with E-state index < -0.39 is 22.3 Å². The zero-order valence-corrected chi connectivity index (χ0v) is 12.6. The van der Waals surface area contributed by atoms with Crippen molar-refractivity contribution < 1.29 is 14.1 Å². The molecule has 0 aliphatic heterocycles. The van der Waals surface area contributed by atoms with Crippen molar-refractivity contribution in [3.63, 3.8) is 0 Å². The van der Waals surface area contributed by atoms with Crippen molar-refractivity contribution in [3.8, 4) is 0 Å². The molecule has 2 aromatic rings. The summed E-state index contributed by atoms with van der Waals surface area (Å²) >= 11 is 5.81. The van der Waals surface area contributed by atoms with Crippen LogP contribution in [0.2, 0.25) is 5.02 Å². The van der Waals surface area contributed by atoms with Gasteiger partial charge >= 0.3 is 5.69 Å². The number of benzene rings is 2. The number of aryl methyl sites for hydroxylation is 2.